The predicted molar refractivity (Wildman–Crippen MR) is 145 cm³/mol. The Morgan fingerprint density at radius 2 is 1.35 bits per heavy atom. The topological polar surface area (TPSA) is 36.9 Å². The summed E-state index contributed by atoms with van der Waals surface area (Å²) in [5.41, 5.74) is 1.17. The Morgan fingerprint density at radius 1 is 0.853 bits per heavy atom. The van der Waals surface area contributed by atoms with Gasteiger partial charge < -0.3 is 0 Å². The Bertz CT molecular complexity index is 669. The van der Waals surface area contributed by atoms with E-state index in [1.165, 1.54) is 61.0 Å². The average Bonchev–Trinajstić information content (AvgIpc) is 3.12. The van der Waals surface area contributed by atoms with Gasteiger partial charge in [0.25, 0.3) is 0 Å². The Balaban J connectivity index is 1.92. The molecule has 34 heavy (non-hydrogen) atoms. The first-order valence-corrected chi connectivity index (χ1v) is 21.1. The van der Waals surface area contributed by atoms with Gasteiger partial charge in [0.2, 0.25) is 0 Å². The van der Waals surface area contributed by atoms with Crippen LogP contribution in [0.15, 0.2) is 40.5 Å². The maximum atomic E-state index is 6.31. The normalized spacial score (nSPS) is 20.0. The van der Waals surface area contributed by atoms with Crippen LogP contribution in [-0.2, 0) is 25.6 Å². The molecule has 1 aliphatic rings. The Morgan fingerprint density at radius 3 is 1.85 bits per heavy atom. The van der Waals surface area contributed by atoms with Gasteiger partial charge in [0, 0.05) is 0 Å². The monoisotopic (exact) mass is 582 g/mol. The van der Waals surface area contributed by atoms with Gasteiger partial charge in [-0.05, 0) is 0 Å². The minimum absolute atomic E-state index is 0.120. The second kappa shape index (κ2) is 15.7. The number of benzene rings is 1. The summed E-state index contributed by atoms with van der Waals surface area (Å²) in [6.07, 6.45) is 7.62. The molecule has 0 unspecified atom stereocenters. The Kier molecular flexibility index (Phi) is 13.7. The molecule has 1 aliphatic heterocycles. The molecule has 2 atom stereocenters. The third kappa shape index (κ3) is 9.92. The van der Waals surface area contributed by atoms with Gasteiger partial charge in [-0.25, -0.2) is 0 Å². The maximum absolute atomic E-state index is 6.31. The third-order valence-corrected chi connectivity index (χ3v) is 22.9. The van der Waals surface area contributed by atoms with Crippen molar-refractivity contribution in [3.8, 4) is 0 Å². The second-order valence-corrected chi connectivity index (χ2v) is 24.0. The zero-order valence-electron chi connectivity index (χ0n) is 22.6. The summed E-state index contributed by atoms with van der Waals surface area (Å²) in [6, 6.07) is 10.2. The molecule has 0 aromatic heterocycles. The van der Waals surface area contributed by atoms with Gasteiger partial charge in [-0.1, -0.05) is 6.07 Å². The standard InChI is InChI=1S/C17H23O4.3C4H9.Sn/c1-4-10-18-12-15-16(21-17(2,3)20-15)13-19-11-14-8-6-5-7-9-14;3*1-3-4-2;/h5-9,15-16H,1,10-13H2,2-3H3;3*1,3-4H2,2H3;/t15-,16-;;;;/m0..../s1. The molecule has 1 aromatic carbocycles. The van der Waals surface area contributed by atoms with E-state index in [9.17, 15) is 0 Å². The fraction of sp³-hybridized carbons (Fsp3) is 0.724. The number of ether oxygens (including phenoxy) is 4. The number of hydrogen-bond donors (Lipinski definition) is 0. The molecule has 5 heteroatoms. The Labute approximate surface area is 213 Å². The molecule has 0 amide bonds. The van der Waals surface area contributed by atoms with Crippen molar-refractivity contribution in [2.24, 2.45) is 0 Å². The second-order valence-electron chi connectivity index (χ2n) is 10.4. The fourth-order valence-electron chi connectivity index (χ4n) is 4.96. The van der Waals surface area contributed by atoms with Crippen LogP contribution in [0.25, 0.3) is 0 Å². The molecule has 1 aromatic rings. The van der Waals surface area contributed by atoms with Crippen molar-refractivity contribution >= 4 is 18.4 Å². The number of unbranched alkanes of at least 4 members (excludes halogenated alkanes) is 3. The van der Waals surface area contributed by atoms with Crippen LogP contribution < -0.4 is 0 Å². The molecule has 0 spiro atoms. The van der Waals surface area contributed by atoms with E-state index in [1.807, 2.05) is 32.0 Å². The zero-order valence-corrected chi connectivity index (χ0v) is 25.4. The first-order chi connectivity index (χ1) is 16.4. The number of rotatable bonds is 18. The Hall–Kier alpha value is -0.401. The molecule has 0 saturated carbocycles. The van der Waals surface area contributed by atoms with E-state index in [4.69, 9.17) is 18.9 Å². The molecule has 1 fully saturated rings. The van der Waals surface area contributed by atoms with Crippen LogP contribution in [0.5, 0.6) is 0 Å². The van der Waals surface area contributed by atoms with Crippen molar-refractivity contribution in [2.75, 3.05) is 19.8 Å². The summed E-state index contributed by atoms with van der Waals surface area (Å²) in [5.74, 6) is -0.613. The first kappa shape index (κ1) is 29.8. The van der Waals surface area contributed by atoms with Crippen molar-refractivity contribution in [3.05, 3.63) is 46.1 Å². The molecule has 0 N–H and O–H groups in total. The van der Waals surface area contributed by atoms with E-state index in [2.05, 4.69) is 39.5 Å². The van der Waals surface area contributed by atoms with Crippen molar-refractivity contribution in [1.82, 2.24) is 0 Å². The van der Waals surface area contributed by atoms with Gasteiger partial charge in [-0.2, -0.15) is 0 Å². The van der Waals surface area contributed by atoms with Crippen LogP contribution in [0.1, 0.15) is 78.7 Å². The van der Waals surface area contributed by atoms with Crippen molar-refractivity contribution in [1.29, 1.82) is 0 Å². The molecule has 0 bridgehead atoms. The summed E-state index contributed by atoms with van der Waals surface area (Å²) < 4.78 is 30.4. The van der Waals surface area contributed by atoms with Crippen LogP contribution in [0.2, 0.25) is 13.3 Å². The molecule has 0 aliphatic carbocycles. The molecule has 194 valence electrons. The number of hydrogen-bond acceptors (Lipinski definition) is 4. The fourth-order valence-corrected chi connectivity index (χ4v) is 20.1. The summed E-state index contributed by atoms with van der Waals surface area (Å²) in [5, 5.41) is 0. The molecular formula is C29H50O4Sn. The molecule has 0 radical (unpaired) electrons. The SMILES string of the molecule is C=[C](COC[C@@H]1OC(C)(C)O[C@H]1COCc1ccccc1)[Sn]([CH2]CCC)([CH2]CCC)[CH2]CCC. The molecule has 1 heterocycles. The van der Waals surface area contributed by atoms with E-state index in [0.29, 0.717) is 26.4 Å². The van der Waals surface area contributed by atoms with Crippen LogP contribution >= 0.6 is 0 Å². The minimum atomic E-state index is -2.46. The van der Waals surface area contributed by atoms with Crippen LogP contribution in [0.4, 0.5) is 0 Å². The van der Waals surface area contributed by atoms with Gasteiger partial charge >= 0.3 is 208 Å². The van der Waals surface area contributed by atoms with Crippen LogP contribution in [0, 0.1) is 0 Å². The summed E-state index contributed by atoms with van der Waals surface area (Å²) in [6.45, 7) is 17.8. The predicted octanol–water partition coefficient (Wildman–Crippen LogP) is 7.68. The summed E-state index contributed by atoms with van der Waals surface area (Å²) >= 11 is -2.46. The van der Waals surface area contributed by atoms with Gasteiger partial charge in [0.05, 0.1) is 0 Å². The summed E-state index contributed by atoms with van der Waals surface area (Å²) in [7, 11) is 0. The molecule has 2 rings (SSSR count). The van der Waals surface area contributed by atoms with E-state index < -0.39 is 24.2 Å². The van der Waals surface area contributed by atoms with Crippen LogP contribution in [-0.4, -0.2) is 56.2 Å². The van der Waals surface area contributed by atoms with Gasteiger partial charge in [0.15, 0.2) is 0 Å². The van der Waals surface area contributed by atoms with Crippen molar-refractivity contribution in [3.63, 3.8) is 0 Å². The van der Waals surface area contributed by atoms with E-state index in [1.54, 1.807) is 0 Å². The van der Waals surface area contributed by atoms with E-state index in [0.717, 1.165) is 0 Å². The molecular weight excluding hydrogens is 531 g/mol. The van der Waals surface area contributed by atoms with Crippen molar-refractivity contribution < 1.29 is 18.9 Å². The average molecular weight is 581 g/mol. The summed E-state index contributed by atoms with van der Waals surface area (Å²) in [4.78, 5) is 0. The molecule has 1 saturated heterocycles. The van der Waals surface area contributed by atoms with Gasteiger partial charge in [-0.3, -0.25) is 0 Å². The third-order valence-electron chi connectivity index (χ3n) is 7.01. The van der Waals surface area contributed by atoms with E-state index in [-0.39, 0.29) is 12.2 Å². The van der Waals surface area contributed by atoms with Crippen LogP contribution in [0.3, 0.4) is 0 Å². The zero-order chi connectivity index (χ0) is 24.9. The van der Waals surface area contributed by atoms with Gasteiger partial charge in [0.1, 0.15) is 0 Å². The quantitative estimate of drug-likeness (QED) is 0.167. The van der Waals surface area contributed by atoms with E-state index >= 15 is 0 Å². The van der Waals surface area contributed by atoms with Gasteiger partial charge in [-0.15, -0.1) is 0 Å². The first-order valence-electron chi connectivity index (χ1n) is 13.6. The molecule has 4 nitrogen and oxygen atoms in total. The van der Waals surface area contributed by atoms with Crippen molar-refractivity contribution in [2.45, 2.75) is 111 Å².